The number of nitrogens with zero attached hydrogens (tertiary/aromatic N) is 1. The quantitative estimate of drug-likeness (QED) is 0.374. The van der Waals surface area contributed by atoms with Crippen molar-refractivity contribution in [3.63, 3.8) is 0 Å². The van der Waals surface area contributed by atoms with Crippen molar-refractivity contribution in [2.75, 3.05) is 0 Å². The van der Waals surface area contributed by atoms with Gasteiger partial charge in [-0.2, -0.15) is 0 Å². The molecule has 2 nitrogen and oxygen atoms in total. The Morgan fingerprint density at radius 1 is 1.60 bits per heavy atom. The number of nitrogens with one attached hydrogen (secondary N) is 1. The lowest BCUT2D eigenvalue weighted by Crippen LogP contribution is -2.73. The number of rotatable bonds is 0. The van der Waals surface area contributed by atoms with Gasteiger partial charge in [-0.15, -0.1) is 12.0 Å². The van der Waals surface area contributed by atoms with E-state index in [1.165, 1.54) is 0 Å². The third kappa shape index (κ3) is 1.32. The van der Waals surface area contributed by atoms with Gasteiger partial charge in [0.25, 0.3) is 9.12 Å². The fraction of sp³-hybridized carbons (Fsp3) is 0.667. The first kappa shape index (κ1) is 8.01. The molecule has 1 atom stereocenters. The normalized spacial score (nSPS) is 29.6. The van der Waals surface area contributed by atoms with Crippen molar-refractivity contribution in [1.29, 1.82) is 0 Å². The van der Waals surface area contributed by atoms with Crippen LogP contribution in [0.15, 0.2) is 0 Å². The second-order valence-corrected chi connectivity index (χ2v) is 8.69. The van der Waals surface area contributed by atoms with E-state index < -0.39 is 9.12 Å². The minimum Gasteiger partial charge on any atom is -0.333 e. The standard InChI is InChI=1S/C6H14N2Si2/c1-5-10-7-9-8(10)6(2,3)4/h1,7,10H,9H2,2-4H3. The molecule has 0 spiro atoms. The third-order valence-corrected chi connectivity index (χ3v) is 8.71. The first-order valence-electron chi connectivity index (χ1n) is 3.52. The molecule has 1 saturated heterocycles. The summed E-state index contributed by atoms with van der Waals surface area (Å²) in [5.41, 5.74) is 3.17. The summed E-state index contributed by atoms with van der Waals surface area (Å²) in [6, 6.07) is 0. The van der Waals surface area contributed by atoms with E-state index >= 15 is 0 Å². The van der Waals surface area contributed by atoms with Crippen molar-refractivity contribution in [3.8, 4) is 12.0 Å². The fourth-order valence-electron chi connectivity index (χ4n) is 1.05. The smallest absolute Gasteiger partial charge is 0.258 e. The SMILES string of the molecule is C#C[SiH]1N[SiH2]N1C(C)(C)C. The van der Waals surface area contributed by atoms with Crippen LogP contribution in [0.3, 0.4) is 0 Å². The molecular weight excluding hydrogens is 156 g/mol. The van der Waals surface area contributed by atoms with Crippen LogP contribution in [0.2, 0.25) is 0 Å². The summed E-state index contributed by atoms with van der Waals surface area (Å²) >= 11 is 0. The zero-order valence-corrected chi connectivity index (χ0v) is 9.38. The van der Waals surface area contributed by atoms with Crippen LogP contribution in [0.25, 0.3) is 0 Å². The predicted octanol–water partition coefficient (Wildman–Crippen LogP) is -0.918. The summed E-state index contributed by atoms with van der Waals surface area (Å²) < 4.78 is 5.94. The van der Waals surface area contributed by atoms with Crippen molar-refractivity contribution >= 4 is 19.0 Å². The van der Waals surface area contributed by atoms with Crippen LogP contribution in [0.4, 0.5) is 0 Å². The van der Waals surface area contributed by atoms with E-state index in [0.717, 1.165) is 0 Å². The molecule has 0 amide bonds. The molecule has 1 aliphatic heterocycles. The molecule has 0 radical (unpaired) electrons. The Balaban J connectivity index is 2.53. The van der Waals surface area contributed by atoms with Crippen molar-refractivity contribution in [2.45, 2.75) is 26.3 Å². The third-order valence-electron chi connectivity index (χ3n) is 1.79. The Labute approximate surface area is 66.7 Å². The van der Waals surface area contributed by atoms with E-state index in [1.807, 2.05) is 0 Å². The molecule has 0 bridgehead atoms. The van der Waals surface area contributed by atoms with Crippen LogP contribution in [-0.4, -0.2) is 28.7 Å². The van der Waals surface area contributed by atoms with Crippen LogP contribution in [0.1, 0.15) is 20.8 Å². The molecule has 1 rings (SSSR count). The minimum atomic E-state index is -1.05. The highest BCUT2D eigenvalue weighted by Gasteiger charge is 2.35. The second kappa shape index (κ2) is 2.51. The Bertz CT molecular complexity index is 168. The number of hydrogen-bond donors (Lipinski definition) is 1. The van der Waals surface area contributed by atoms with Crippen LogP contribution < -0.4 is 4.65 Å². The highest BCUT2D eigenvalue weighted by molar-refractivity contribution is 6.83. The second-order valence-electron chi connectivity index (χ2n) is 3.57. The summed E-state index contributed by atoms with van der Waals surface area (Å²) in [6.07, 6.45) is 5.35. The maximum Gasteiger partial charge on any atom is 0.258 e. The summed E-state index contributed by atoms with van der Waals surface area (Å²) in [4.78, 5) is 0. The summed E-state index contributed by atoms with van der Waals surface area (Å²) in [7, 11) is -1.19. The lowest BCUT2D eigenvalue weighted by molar-refractivity contribution is 0.350. The lowest BCUT2D eigenvalue weighted by Gasteiger charge is -2.46. The summed E-state index contributed by atoms with van der Waals surface area (Å²) in [5, 5.41) is 0. The molecule has 4 heteroatoms. The first-order valence-corrected chi connectivity index (χ1v) is 6.53. The predicted molar refractivity (Wildman–Crippen MR) is 49.3 cm³/mol. The Morgan fingerprint density at radius 2 is 2.20 bits per heavy atom. The Hall–Kier alpha value is -0.0862. The molecule has 0 saturated carbocycles. The molecule has 0 aliphatic carbocycles. The van der Waals surface area contributed by atoms with Gasteiger partial charge in [0.15, 0.2) is 9.84 Å². The van der Waals surface area contributed by atoms with Crippen molar-refractivity contribution in [2.24, 2.45) is 0 Å². The van der Waals surface area contributed by atoms with Gasteiger partial charge in [0.05, 0.1) is 0 Å². The van der Waals surface area contributed by atoms with E-state index in [0.29, 0.717) is 5.54 Å². The Kier molecular flexibility index (Phi) is 2.01. The largest absolute Gasteiger partial charge is 0.333 e. The number of terminal acetylenes is 1. The summed E-state index contributed by atoms with van der Waals surface area (Å²) in [6.45, 7) is 6.70. The molecule has 0 aromatic rings. The van der Waals surface area contributed by atoms with Gasteiger partial charge in [0.2, 0.25) is 0 Å². The maximum atomic E-state index is 5.35. The molecule has 56 valence electrons. The van der Waals surface area contributed by atoms with Gasteiger partial charge in [-0.3, -0.25) is 0 Å². The van der Waals surface area contributed by atoms with E-state index in [9.17, 15) is 0 Å². The van der Waals surface area contributed by atoms with Crippen LogP contribution in [0.5, 0.6) is 0 Å². The van der Waals surface area contributed by atoms with Gasteiger partial charge >= 0.3 is 0 Å². The molecule has 0 aromatic heterocycles. The maximum absolute atomic E-state index is 5.35. The lowest BCUT2D eigenvalue weighted by atomic mass is 10.1. The highest BCUT2D eigenvalue weighted by Crippen LogP contribution is 2.15. The zero-order valence-electron chi connectivity index (χ0n) is 6.81. The number of hydrogen-bond acceptors (Lipinski definition) is 2. The van der Waals surface area contributed by atoms with Crippen molar-refractivity contribution in [1.82, 2.24) is 8.88 Å². The van der Waals surface area contributed by atoms with E-state index in [4.69, 9.17) is 6.42 Å². The van der Waals surface area contributed by atoms with Crippen LogP contribution in [-0.2, 0) is 0 Å². The molecular formula is C6H14N2Si2. The van der Waals surface area contributed by atoms with Crippen LogP contribution in [0, 0.1) is 12.0 Å². The van der Waals surface area contributed by atoms with Gasteiger partial charge in [0.1, 0.15) is 0 Å². The van der Waals surface area contributed by atoms with Crippen molar-refractivity contribution < 1.29 is 0 Å². The minimum absolute atomic E-state index is 0.141. The van der Waals surface area contributed by atoms with E-state index in [1.54, 1.807) is 0 Å². The summed E-state index contributed by atoms with van der Waals surface area (Å²) in [5.74, 6) is 0. The van der Waals surface area contributed by atoms with E-state index in [2.05, 4.69) is 35.2 Å². The first-order chi connectivity index (χ1) is 4.55. The van der Waals surface area contributed by atoms with Crippen LogP contribution >= 0.6 is 0 Å². The fourth-order valence-corrected chi connectivity index (χ4v) is 5.45. The van der Waals surface area contributed by atoms with Gasteiger partial charge in [-0.25, -0.2) is 0 Å². The van der Waals surface area contributed by atoms with Gasteiger partial charge in [-0.1, -0.05) is 0 Å². The highest BCUT2D eigenvalue weighted by atomic mass is 28.4. The molecule has 1 fully saturated rings. The molecule has 0 aromatic carbocycles. The molecule has 1 N–H and O–H groups in total. The molecule has 1 aliphatic rings. The average molecular weight is 170 g/mol. The Morgan fingerprint density at radius 3 is 2.30 bits per heavy atom. The monoisotopic (exact) mass is 170 g/mol. The van der Waals surface area contributed by atoms with Gasteiger partial charge in [-0.05, 0) is 20.8 Å². The molecule has 10 heavy (non-hydrogen) atoms. The van der Waals surface area contributed by atoms with Crippen molar-refractivity contribution in [3.05, 3.63) is 0 Å². The van der Waals surface area contributed by atoms with Gasteiger partial charge < -0.3 is 8.88 Å². The topological polar surface area (TPSA) is 15.3 Å². The average Bonchev–Trinajstić information content (AvgIpc) is 1.57. The van der Waals surface area contributed by atoms with Gasteiger partial charge in [0, 0.05) is 5.54 Å². The van der Waals surface area contributed by atoms with E-state index in [-0.39, 0.29) is 9.84 Å². The molecule has 1 heterocycles. The zero-order chi connectivity index (χ0) is 7.78. The molecule has 1 unspecified atom stereocenters.